The maximum Gasteiger partial charge on any atom is 0.123 e. The Morgan fingerprint density at radius 2 is 0.886 bits per heavy atom. The Morgan fingerprint density at radius 1 is 0.523 bits per heavy atom. The number of H-pyrrole nitrogens is 2. The standard InChI is InChI=1S/C38H40N4O2/c1-25-35(27-13-5-9-17-31(27)39-25)37(29-15-7-11-19-33(29)43-3)41-21-23-42(24-22-41)38(30-16-8-12-20-34(30)44-4)36-26(2)40-32-18-10-6-14-28(32)36/h5-20,37-40H,21-24H2,1-4H3. The quantitative estimate of drug-likeness (QED) is 0.192. The minimum absolute atomic E-state index is 0.0592. The average molecular weight is 585 g/mol. The summed E-state index contributed by atoms with van der Waals surface area (Å²) in [6, 6.07) is 34.4. The molecule has 6 aromatic rings. The van der Waals surface area contributed by atoms with Gasteiger partial charge >= 0.3 is 0 Å². The van der Waals surface area contributed by atoms with Gasteiger partial charge in [0.05, 0.1) is 26.3 Å². The molecule has 2 atom stereocenters. The molecule has 6 nitrogen and oxygen atoms in total. The van der Waals surface area contributed by atoms with Gasteiger partial charge in [-0.05, 0) is 38.1 Å². The molecule has 224 valence electrons. The zero-order chi connectivity index (χ0) is 30.2. The van der Waals surface area contributed by atoms with Crippen molar-refractivity contribution >= 4 is 21.8 Å². The van der Waals surface area contributed by atoms with Crippen molar-refractivity contribution in [3.63, 3.8) is 0 Å². The molecular formula is C38H40N4O2. The fraction of sp³-hybridized carbons (Fsp3) is 0.263. The van der Waals surface area contributed by atoms with Gasteiger partial charge in [0.2, 0.25) is 0 Å². The van der Waals surface area contributed by atoms with Gasteiger partial charge in [-0.3, -0.25) is 9.80 Å². The van der Waals surface area contributed by atoms with Crippen LogP contribution in [0.2, 0.25) is 0 Å². The topological polar surface area (TPSA) is 56.5 Å². The SMILES string of the molecule is COc1ccccc1C(c1c(C)[nH]c2ccccc12)N1CCN(C(c2ccccc2OC)c2c(C)[nH]c3ccccc23)CC1. The van der Waals surface area contributed by atoms with E-state index in [2.05, 4.69) is 131 Å². The van der Waals surface area contributed by atoms with Crippen LogP contribution >= 0.6 is 0 Å². The van der Waals surface area contributed by atoms with E-state index in [1.807, 2.05) is 0 Å². The Kier molecular flexibility index (Phi) is 7.62. The molecule has 6 heteroatoms. The highest BCUT2D eigenvalue weighted by Gasteiger charge is 2.35. The number of hydrogen-bond acceptors (Lipinski definition) is 4. The van der Waals surface area contributed by atoms with Crippen LogP contribution in [0.1, 0.15) is 45.7 Å². The average Bonchev–Trinajstić information content (AvgIpc) is 3.58. The van der Waals surface area contributed by atoms with Crippen LogP contribution in [0, 0.1) is 13.8 Å². The van der Waals surface area contributed by atoms with Crippen LogP contribution in [-0.4, -0.2) is 60.2 Å². The molecule has 1 aliphatic rings. The lowest BCUT2D eigenvalue weighted by Gasteiger charge is -2.43. The Balaban J connectivity index is 1.29. The number of aryl methyl sites for hydroxylation is 2. The van der Waals surface area contributed by atoms with Gasteiger partial charge in [-0.1, -0.05) is 72.8 Å². The lowest BCUT2D eigenvalue weighted by Crippen LogP contribution is -2.49. The van der Waals surface area contributed by atoms with E-state index in [4.69, 9.17) is 9.47 Å². The summed E-state index contributed by atoms with van der Waals surface area (Å²) in [4.78, 5) is 12.6. The minimum atomic E-state index is 0.0592. The smallest absolute Gasteiger partial charge is 0.123 e. The number of piperazine rings is 1. The summed E-state index contributed by atoms with van der Waals surface area (Å²) >= 11 is 0. The molecule has 1 aliphatic heterocycles. The third-order valence-corrected chi connectivity index (χ3v) is 9.38. The van der Waals surface area contributed by atoms with Crippen LogP contribution in [0.25, 0.3) is 21.8 Å². The van der Waals surface area contributed by atoms with Crippen molar-refractivity contribution in [3.8, 4) is 11.5 Å². The number of aromatic nitrogens is 2. The molecular weight excluding hydrogens is 544 g/mol. The van der Waals surface area contributed by atoms with E-state index in [1.165, 1.54) is 55.4 Å². The van der Waals surface area contributed by atoms with Crippen LogP contribution in [0.15, 0.2) is 97.1 Å². The zero-order valence-corrected chi connectivity index (χ0v) is 25.9. The Morgan fingerprint density at radius 3 is 1.30 bits per heavy atom. The van der Waals surface area contributed by atoms with Gasteiger partial charge in [0.15, 0.2) is 0 Å². The molecule has 0 bridgehead atoms. The predicted molar refractivity (Wildman–Crippen MR) is 179 cm³/mol. The van der Waals surface area contributed by atoms with Gasteiger partial charge < -0.3 is 19.4 Å². The highest BCUT2D eigenvalue weighted by Crippen LogP contribution is 2.43. The van der Waals surface area contributed by atoms with Gasteiger partial charge in [-0.15, -0.1) is 0 Å². The largest absolute Gasteiger partial charge is 0.496 e. The first-order chi connectivity index (χ1) is 21.6. The van der Waals surface area contributed by atoms with Gasteiger partial charge in [-0.2, -0.15) is 0 Å². The maximum atomic E-state index is 5.95. The second-order valence-electron chi connectivity index (χ2n) is 11.8. The zero-order valence-electron chi connectivity index (χ0n) is 25.9. The van der Waals surface area contributed by atoms with Crippen molar-refractivity contribution < 1.29 is 9.47 Å². The van der Waals surface area contributed by atoms with Gasteiger partial charge in [0.1, 0.15) is 11.5 Å². The first-order valence-electron chi connectivity index (χ1n) is 15.5. The lowest BCUT2D eigenvalue weighted by molar-refractivity contribution is 0.0887. The normalized spacial score (nSPS) is 15.9. The summed E-state index contributed by atoms with van der Waals surface area (Å²) in [5, 5.41) is 2.54. The summed E-state index contributed by atoms with van der Waals surface area (Å²) in [5.41, 5.74) is 9.79. The van der Waals surface area contributed by atoms with E-state index in [0.29, 0.717) is 0 Å². The van der Waals surface area contributed by atoms with Crippen molar-refractivity contribution in [2.75, 3.05) is 40.4 Å². The number of benzene rings is 4. The fourth-order valence-electron chi connectivity index (χ4n) is 7.41. The monoisotopic (exact) mass is 584 g/mol. The minimum Gasteiger partial charge on any atom is -0.496 e. The Labute approximate surface area is 259 Å². The third kappa shape index (κ3) is 4.84. The third-order valence-electron chi connectivity index (χ3n) is 9.38. The summed E-state index contributed by atoms with van der Waals surface area (Å²) in [6.07, 6.45) is 0. The number of rotatable bonds is 8. The Bertz CT molecular complexity index is 1770. The highest BCUT2D eigenvalue weighted by molar-refractivity contribution is 5.86. The molecule has 44 heavy (non-hydrogen) atoms. The molecule has 1 fully saturated rings. The van der Waals surface area contributed by atoms with Crippen LogP contribution in [0.4, 0.5) is 0 Å². The molecule has 0 saturated carbocycles. The van der Waals surface area contributed by atoms with E-state index in [9.17, 15) is 0 Å². The highest BCUT2D eigenvalue weighted by atomic mass is 16.5. The summed E-state index contributed by atoms with van der Waals surface area (Å²) in [5.74, 6) is 1.84. The van der Waals surface area contributed by atoms with Crippen molar-refractivity contribution in [1.29, 1.82) is 0 Å². The summed E-state index contributed by atoms with van der Waals surface area (Å²) < 4.78 is 11.9. The van der Waals surface area contributed by atoms with E-state index < -0.39 is 0 Å². The summed E-state index contributed by atoms with van der Waals surface area (Å²) in [7, 11) is 3.55. The van der Waals surface area contributed by atoms with E-state index >= 15 is 0 Å². The second kappa shape index (κ2) is 11.9. The predicted octanol–water partition coefficient (Wildman–Crippen LogP) is 7.78. The molecule has 0 radical (unpaired) electrons. The molecule has 2 unspecified atom stereocenters. The number of para-hydroxylation sites is 4. The number of methoxy groups -OCH3 is 2. The molecule has 7 rings (SSSR count). The van der Waals surface area contributed by atoms with Gasteiger partial charge in [0.25, 0.3) is 0 Å². The number of ether oxygens (including phenoxy) is 2. The second-order valence-corrected chi connectivity index (χ2v) is 11.8. The number of hydrogen-bond donors (Lipinski definition) is 2. The molecule has 0 spiro atoms. The number of nitrogens with one attached hydrogen (secondary N) is 2. The van der Waals surface area contributed by atoms with E-state index in [0.717, 1.165) is 37.7 Å². The van der Waals surface area contributed by atoms with Crippen LogP contribution < -0.4 is 9.47 Å². The Hall–Kier alpha value is -4.52. The van der Waals surface area contributed by atoms with E-state index in [1.54, 1.807) is 14.2 Å². The van der Waals surface area contributed by atoms with Crippen LogP contribution in [0.5, 0.6) is 11.5 Å². The van der Waals surface area contributed by atoms with Crippen LogP contribution in [0.3, 0.4) is 0 Å². The first kappa shape index (κ1) is 28.3. The van der Waals surface area contributed by atoms with Crippen molar-refractivity contribution in [2.24, 2.45) is 0 Å². The first-order valence-corrected chi connectivity index (χ1v) is 15.5. The van der Waals surface area contributed by atoms with Crippen LogP contribution in [-0.2, 0) is 0 Å². The lowest BCUT2D eigenvalue weighted by atomic mass is 9.91. The number of fused-ring (bicyclic) bond motifs is 2. The van der Waals surface area contributed by atoms with Gasteiger partial charge in [-0.25, -0.2) is 0 Å². The fourth-order valence-corrected chi connectivity index (χ4v) is 7.41. The molecule has 3 heterocycles. The molecule has 0 aliphatic carbocycles. The van der Waals surface area contributed by atoms with E-state index in [-0.39, 0.29) is 12.1 Å². The molecule has 2 N–H and O–H groups in total. The van der Waals surface area contributed by atoms with Crippen molar-refractivity contribution in [2.45, 2.75) is 25.9 Å². The molecule has 4 aromatic carbocycles. The summed E-state index contributed by atoms with van der Waals surface area (Å²) in [6.45, 7) is 8.05. The molecule has 2 aromatic heterocycles. The molecule has 1 saturated heterocycles. The number of aromatic amines is 2. The number of nitrogens with zero attached hydrogens (tertiary/aromatic N) is 2. The van der Waals surface area contributed by atoms with Crippen molar-refractivity contribution in [1.82, 2.24) is 19.8 Å². The van der Waals surface area contributed by atoms with Gasteiger partial charge in [0, 0.05) is 81.6 Å². The maximum absolute atomic E-state index is 5.95. The molecule has 0 amide bonds. The van der Waals surface area contributed by atoms with Crippen molar-refractivity contribution in [3.05, 3.63) is 131 Å².